The molecule has 1 N–H and O–H groups in total. The topological polar surface area (TPSA) is 37.3 Å². The van der Waals surface area contributed by atoms with Crippen LogP contribution >= 0.6 is 11.8 Å². The highest BCUT2D eigenvalue weighted by atomic mass is 32.2. The van der Waals surface area contributed by atoms with E-state index >= 15 is 0 Å². The van der Waals surface area contributed by atoms with E-state index in [1.807, 2.05) is 20.1 Å². The molecule has 4 unspecified atom stereocenters. The van der Waals surface area contributed by atoms with Gasteiger partial charge in [0.25, 0.3) is 0 Å². The summed E-state index contributed by atoms with van der Waals surface area (Å²) in [7, 11) is 0. The van der Waals surface area contributed by atoms with Crippen LogP contribution in [-0.4, -0.2) is 22.1 Å². The Hall–Kier alpha value is -0.180. The average molecular weight is 244 g/mol. The van der Waals surface area contributed by atoms with E-state index in [9.17, 15) is 9.90 Å². The monoisotopic (exact) mass is 244 g/mol. The Morgan fingerprint density at radius 2 is 2.06 bits per heavy atom. The number of carboxylic acids is 1. The lowest BCUT2D eigenvalue weighted by atomic mass is 9.63. The van der Waals surface area contributed by atoms with Gasteiger partial charge in [-0.05, 0) is 50.7 Å². The fourth-order valence-electron chi connectivity index (χ4n) is 2.61. The van der Waals surface area contributed by atoms with Crippen LogP contribution in [-0.2, 0) is 4.79 Å². The molecule has 16 heavy (non-hydrogen) atoms. The molecule has 1 aliphatic rings. The summed E-state index contributed by atoms with van der Waals surface area (Å²) in [6, 6.07) is 0. The van der Waals surface area contributed by atoms with Crippen molar-refractivity contribution in [3.63, 3.8) is 0 Å². The van der Waals surface area contributed by atoms with Crippen molar-refractivity contribution in [1.82, 2.24) is 0 Å². The first-order valence-electron chi connectivity index (χ1n) is 6.07. The standard InChI is InChI=1S/C13H24O2S/c1-8-6-10(9(8)2)7-11(12(14)15)13(3,4)16-5/h8-11H,6-7H2,1-5H3,(H,14,15). The largest absolute Gasteiger partial charge is 0.481 e. The number of hydrogen-bond donors (Lipinski definition) is 1. The summed E-state index contributed by atoms with van der Waals surface area (Å²) >= 11 is 1.66. The van der Waals surface area contributed by atoms with E-state index in [2.05, 4.69) is 13.8 Å². The van der Waals surface area contributed by atoms with Crippen molar-refractivity contribution in [3.8, 4) is 0 Å². The zero-order valence-electron chi connectivity index (χ0n) is 11.0. The molecule has 94 valence electrons. The number of hydrogen-bond acceptors (Lipinski definition) is 2. The number of thioether (sulfide) groups is 1. The molecule has 1 saturated carbocycles. The highest BCUT2D eigenvalue weighted by Crippen LogP contribution is 2.46. The van der Waals surface area contributed by atoms with Gasteiger partial charge >= 0.3 is 5.97 Å². The molecule has 1 fully saturated rings. The van der Waals surface area contributed by atoms with Gasteiger partial charge in [0.05, 0.1) is 5.92 Å². The van der Waals surface area contributed by atoms with Crippen molar-refractivity contribution in [2.24, 2.45) is 23.7 Å². The van der Waals surface area contributed by atoms with Crippen molar-refractivity contribution in [2.75, 3.05) is 6.26 Å². The summed E-state index contributed by atoms with van der Waals surface area (Å²) in [6.45, 7) is 8.60. The summed E-state index contributed by atoms with van der Waals surface area (Å²) in [5, 5.41) is 9.35. The first kappa shape index (κ1) is 13.9. The van der Waals surface area contributed by atoms with E-state index in [1.54, 1.807) is 11.8 Å². The van der Waals surface area contributed by atoms with Gasteiger partial charge in [0, 0.05) is 4.75 Å². The summed E-state index contributed by atoms with van der Waals surface area (Å²) in [4.78, 5) is 11.4. The molecule has 0 heterocycles. The van der Waals surface area contributed by atoms with Gasteiger partial charge in [0.2, 0.25) is 0 Å². The molecule has 0 aromatic heterocycles. The Balaban J connectivity index is 2.63. The molecule has 0 amide bonds. The molecule has 0 radical (unpaired) electrons. The second kappa shape index (κ2) is 4.99. The Bertz CT molecular complexity index is 263. The molecule has 4 atom stereocenters. The van der Waals surface area contributed by atoms with Gasteiger partial charge in [-0.25, -0.2) is 0 Å². The molecule has 3 heteroatoms. The third kappa shape index (κ3) is 2.73. The number of aliphatic carboxylic acids is 1. The fourth-order valence-corrected chi connectivity index (χ4v) is 3.10. The van der Waals surface area contributed by atoms with Crippen molar-refractivity contribution >= 4 is 17.7 Å². The quantitative estimate of drug-likeness (QED) is 0.804. The molecule has 2 nitrogen and oxygen atoms in total. The maximum absolute atomic E-state index is 11.4. The highest BCUT2D eigenvalue weighted by Gasteiger charge is 2.42. The van der Waals surface area contributed by atoms with Crippen molar-refractivity contribution in [3.05, 3.63) is 0 Å². The minimum absolute atomic E-state index is 0.162. The minimum atomic E-state index is -0.633. The van der Waals surface area contributed by atoms with E-state index in [0.29, 0.717) is 11.8 Å². The van der Waals surface area contributed by atoms with Gasteiger partial charge in [-0.15, -0.1) is 0 Å². The summed E-state index contributed by atoms with van der Waals surface area (Å²) < 4.78 is -0.162. The van der Waals surface area contributed by atoms with Crippen LogP contribution < -0.4 is 0 Å². The molecule has 1 rings (SSSR count). The van der Waals surface area contributed by atoms with Crippen molar-refractivity contribution < 1.29 is 9.90 Å². The van der Waals surface area contributed by atoms with E-state index in [4.69, 9.17) is 0 Å². The zero-order valence-corrected chi connectivity index (χ0v) is 11.8. The summed E-state index contributed by atoms with van der Waals surface area (Å²) in [5.41, 5.74) is 0. The lowest BCUT2D eigenvalue weighted by Crippen LogP contribution is -2.41. The summed E-state index contributed by atoms with van der Waals surface area (Å²) in [6.07, 6.45) is 4.05. The third-order valence-corrected chi connectivity index (χ3v) is 5.85. The van der Waals surface area contributed by atoms with Crippen molar-refractivity contribution in [2.45, 2.75) is 45.3 Å². The molecule has 0 bridgehead atoms. The first-order valence-corrected chi connectivity index (χ1v) is 7.30. The van der Waals surface area contributed by atoms with Crippen LogP contribution in [0, 0.1) is 23.7 Å². The smallest absolute Gasteiger partial charge is 0.307 e. The summed E-state index contributed by atoms with van der Waals surface area (Å²) in [5.74, 6) is 1.23. The second-order valence-corrected chi connectivity index (χ2v) is 7.23. The van der Waals surface area contributed by atoms with Crippen LogP contribution in [0.1, 0.15) is 40.5 Å². The van der Waals surface area contributed by atoms with Crippen LogP contribution in [0.25, 0.3) is 0 Å². The molecule has 0 saturated heterocycles. The molecule has 1 aliphatic carbocycles. The van der Waals surface area contributed by atoms with Crippen molar-refractivity contribution in [1.29, 1.82) is 0 Å². The minimum Gasteiger partial charge on any atom is -0.481 e. The normalized spacial score (nSPS) is 31.9. The molecule has 0 aromatic rings. The molecular formula is C13H24O2S. The van der Waals surface area contributed by atoms with E-state index < -0.39 is 5.97 Å². The van der Waals surface area contributed by atoms with Crippen LogP contribution in [0.15, 0.2) is 0 Å². The average Bonchev–Trinajstić information content (AvgIpc) is 2.22. The molecule has 0 aromatic carbocycles. The molecule has 0 aliphatic heterocycles. The third-order valence-electron chi connectivity index (χ3n) is 4.52. The van der Waals surface area contributed by atoms with Crippen LogP contribution in [0.5, 0.6) is 0 Å². The lowest BCUT2D eigenvalue weighted by molar-refractivity contribution is -0.144. The Kier molecular flexibility index (Phi) is 4.33. The number of carboxylic acid groups (broad SMARTS) is 1. The Morgan fingerprint density at radius 3 is 2.38 bits per heavy atom. The van der Waals surface area contributed by atoms with Gasteiger partial charge in [0.1, 0.15) is 0 Å². The van der Waals surface area contributed by atoms with Gasteiger partial charge < -0.3 is 5.11 Å². The Morgan fingerprint density at radius 1 is 1.50 bits per heavy atom. The van der Waals surface area contributed by atoms with E-state index in [1.165, 1.54) is 6.42 Å². The molecular weight excluding hydrogens is 220 g/mol. The first-order chi connectivity index (χ1) is 7.29. The van der Waals surface area contributed by atoms with Gasteiger partial charge in [-0.3, -0.25) is 4.79 Å². The number of rotatable bonds is 5. The van der Waals surface area contributed by atoms with Crippen LogP contribution in [0.2, 0.25) is 0 Å². The predicted octanol–water partition coefficient (Wildman–Crippen LogP) is 3.51. The Labute approximate surface area is 103 Å². The lowest BCUT2D eigenvalue weighted by Gasteiger charge is -2.44. The highest BCUT2D eigenvalue weighted by molar-refractivity contribution is 7.99. The fraction of sp³-hybridized carbons (Fsp3) is 0.923. The maximum atomic E-state index is 11.4. The van der Waals surface area contributed by atoms with Gasteiger partial charge in [0.15, 0.2) is 0 Å². The van der Waals surface area contributed by atoms with Gasteiger partial charge in [-0.1, -0.05) is 13.8 Å². The zero-order chi connectivity index (χ0) is 12.5. The van der Waals surface area contributed by atoms with Crippen LogP contribution in [0.3, 0.4) is 0 Å². The second-order valence-electron chi connectivity index (χ2n) is 5.77. The molecule has 0 spiro atoms. The van der Waals surface area contributed by atoms with E-state index in [0.717, 1.165) is 12.3 Å². The van der Waals surface area contributed by atoms with Gasteiger partial charge in [-0.2, -0.15) is 11.8 Å². The predicted molar refractivity (Wildman–Crippen MR) is 69.8 cm³/mol. The SMILES string of the molecule is CSC(C)(C)C(CC1CC(C)C1C)C(=O)O. The maximum Gasteiger partial charge on any atom is 0.307 e. The van der Waals surface area contributed by atoms with E-state index in [-0.39, 0.29) is 10.7 Å². The van der Waals surface area contributed by atoms with Crippen LogP contribution in [0.4, 0.5) is 0 Å². The number of carbonyl (C=O) groups is 1.